The van der Waals surface area contributed by atoms with Gasteiger partial charge in [-0.15, -0.1) is 6.58 Å². The largest absolute Gasteiger partial charge is 0.490 e. The van der Waals surface area contributed by atoms with Crippen LogP contribution in [0.2, 0.25) is 0 Å². The number of halogens is 3. The molecular weight excluding hydrogens is 191 g/mol. The van der Waals surface area contributed by atoms with Crippen molar-refractivity contribution in [1.29, 1.82) is 0 Å². The number of carboxylic acids is 1. The smallest absolute Gasteiger partial charge is 0.475 e. The van der Waals surface area contributed by atoms with E-state index in [1.54, 1.807) is 6.08 Å². The maximum atomic E-state index is 10.6. The second kappa shape index (κ2) is 7.56. The summed E-state index contributed by atoms with van der Waals surface area (Å²) in [4.78, 5) is 13.1. The first-order valence-electron chi connectivity index (χ1n) is 3.09. The fraction of sp³-hybridized carbons (Fsp3) is 0.500. The Kier molecular flexibility index (Phi) is 8.40. The Morgan fingerprint density at radius 2 is 2.00 bits per heavy atom. The number of hydrogen-bond acceptors (Lipinski definition) is 3. The van der Waals surface area contributed by atoms with E-state index >= 15 is 0 Å². The van der Waals surface area contributed by atoms with E-state index < -0.39 is 12.1 Å². The molecule has 0 rings (SSSR count). The minimum atomic E-state index is -5.08. The highest BCUT2D eigenvalue weighted by molar-refractivity contribution is 5.73. The Morgan fingerprint density at radius 1 is 1.62 bits per heavy atom. The van der Waals surface area contributed by atoms with Crippen molar-refractivity contribution in [2.75, 3.05) is 6.61 Å². The van der Waals surface area contributed by atoms with Gasteiger partial charge in [-0.25, -0.2) is 10.7 Å². The molecule has 78 valence electrons. The highest BCUT2D eigenvalue weighted by Gasteiger charge is 2.38. The molecule has 0 unspecified atom stereocenters. The SMILES string of the molecule is C=CCCON.O=C(O)C(F)(F)F. The molecule has 4 nitrogen and oxygen atoms in total. The highest BCUT2D eigenvalue weighted by atomic mass is 19.4. The Balaban J connectivity index is 0. The molecule has 0 bridgehead atoms. The van der Waals surface area contributed by atoms with E-state index in [4.69, 9.17) is 9.90 Å². The maximum Gasteiger partial charge on any atom is 0.490 e. The van der Waals surface area contributed by atoms with Crippen LogP contribution in [0.5, 0.6) is 0 Å². The van der Waals surface area contributed by atoms with Gasteiger partial charge in [0.1, 0.15) is 0 Å². The van der Waals surface area contributed by atoms with Crippen LogP contribution in [0.3, 0.4) is 0 Å². The fourth-order valence-electron chi connectivity index (χ4n) is 0.151. The van der Waals surface area contributed by atoms with Gasteiger partial charge in [0.2, 0.25) is 0 Å². The topological polar surface area (TPSA) is 72.5 Å². The molecule has 13 heavy (non-hydrogen) atoms. The molecule has 0 saturated carbocycles. The lowest BCUT2D eigenvalue weighted by atomic mass is 10.5. The van der Waals surface area contributed by atoms with Gasteiger partial charge >= 0.3 is 12.1 Å². The zero-order valence-electron chi connectivity index (χ0n) is 6.67. The first kappa shape index (κ1) is 14.4. The molecule has 0 spiro atoms. The summed E-state index contributed by atoms with van der Waals surface area (Å²) in [5, 5.41) is 7.12. The van der Waals surface area contributed by atoms with Gasteiger partial charge in [0.15, 0.2) is 0 Å². The third kappa shape index (κ3) is 13.9. The van der Waals surface area contributed by atoms with Crippen LogP contribution in [0.25, 0.3) is 0 Å². The van der Waals surface area contributed by atoms with E-state index in [9.17, 15) is 13.2 Å². The molecule has 0 aromatic carbocycles. The summed E-state index contributed by atoms with van der Waals surface area (Å²) in [7, 11) is 0. The summed E-state index contributed by atoms with van der Waals surface area (Å²) in [5.41, 5.74) is 0. The minimum absolute atomic E-state index is 0.573. The van der Waals surface area contributed by atoms with Crippen molar-refractivity contribution in [3.8, 4) is 0 Å². The van der Waals surface area contributed by atoms with E-state index in [1.165, 1.54) is 0 Å². The number of rotatable bonds is 3. The number of aliphatic carboxylic acids is 1. The average molecular weight is 201 g/mol. The lowest BCUT2D eigenvalue weighted by Gasteiger charge is -1.93. The van der Waals surface area contributed by atoms with Crippen LogP contribution >= 0.6 is 0 Å². The van der Waals surface area contributed by atoms with Crippen LogP contribution < -0.4 is 5.90 Å². The van der Waals surface area contributed by atoms with Gasteiger partial charge in [-0.2, -0.15) is 13.2 Å². The molecule has 0 radical (unpaired) electrons. The van der Waals surface area contributed by atoms with Crippen LogP contribution in [0, 0.1) is 0 Å². The third-order valence-electron chi connectivity index (χ3n) is 0.682. The molecule has 0 aromatic rings. The number of hydrogen-bond donors (Lipinski definition) is 2. The first-order valence-corrected chi connectivity index (χ1v) is 3.09. The van der Waals surface area contributed by atoms with Crippen molar-refractivity contribution in [1.82, 2.24) is 0 Å². The van der Waals surface area contributed by atoms with E-state index in [0.717, 1.165) is 6.42 Å². The maximum absolute atomic E-state index is 10.6. The van der Waals surface area contributed by atoms with Crippen molar-refractivity contribution in [3.05, 3.63) is 12.7 Å². The van der Waals surface area contributed by atoms with Crippen molar-refractivity contribution >= 4 is 5.97 Å². The van der Waals surface area contributed by atoms with Crippen LogP contribution in [0.1, 0.15) is 6.42 Å². The lowest BCUT2D eigenvalue weighted by Crippen LogP contribution is -2.21. The lowest BCUT2D eigenvalue weighted by molar-refractivity contribution is -0.192. The zero-order chi connectivity index (χ0) is 10.9. The number of alkyl halides is 3. The van der Waals surface area contributed by atoms with Crippen LogP contribution in [-0.4, -0.2) is 23.9 Å². The molecule has 7 heteroatoms. The van der Waals surface area contributed by atoms with Gasteiger partial charge < -0.3 is 9.94 Å². The molecule has 0 aromatic heterocycles. The van der Waals surface area contributed by atoms with Crippen molar-refractivity contribution < 1.29 is 27.9 Å². The second-order valence-corrected chi connectivity index (χ2v) is 1.75. The molecular formula is C6H10F3NO3. The molecule has 0 aliphatic rings. The quantitative estimate of drug-likeness (QED) is 0.407. The van der Waals surface area contributed by atoms with E-state index in [0.29, 0.717) is 6.61 Å². The summed E-state index contributed by atoms with van der Waals surface area (Å²) < 4.78 is 31.7. The summed E-state index contributed by atoms with van der Waals surface area (Å²) >= 11 is 0. The normalized spacial score (nSPS) is 9.85. The fourth-order valence-corrected chi connectivity index (χ4v) is 0.151. The third-order valence-corrected chi connectivity index (χ3v) is 0.682. The van der Waals surface area contributed by atoms with Crippen molar-refractivity contribution in [2.45, 2.75) is 12.6 Å². The molecule has 0 aliphatic heterocycles. The molecule has 0 amide bonds. The van der Waals surface area contributed by atoms with Gasteiger partial charge in [0.05, 0.1) is 6.61 Å². The van der Waals surface area contributed by atoms with Crippen LogP contribution in [0.4, 0.5) is 13.2 Å². The van der Waals surface area contributed by atoms with Gasteiger partial charge in [-0.3, -0.25) is 0 Å². The van der Waals surface area contributed by atoms with Gasteiger partial charge in [-0.05, 0) is 6.42 Å². The molecule has 0 aliphatic carbocycles. The summed E-state index contributed by atoms with van der Waals surface area (Å²) in [6.45, 7) is 4.04. The van der Waals surface area contributed by atoms with Crippen molar-refractivity contribution in [2.24, 2.45) is 5.90 Å². The number of carbonyl (C=O) groups is 1. The van der Waals surface area contributed by atoms with Crippen molar-refractivity contribution in [3.63, 3.8) is 0 Å². The Morgan fingerprint density at radius 3 is 2.08 bits per heavy atom. The molecule has 0 fully saturated rings. The summed E-state index contributed by atoms with van der Waals surface area (Å²) in [6.07, 6.45) is -2.50. The Bertz CT molecular complexity index is 158. The molecule has 0 saturated heterocycles. The Labute approximate surface area is 72.7 Å². The predicted molar refractivity (Wildman–Crippen MR) is 38.6 cm³/mol. The number of carboxylic acid groups (broad SMARTS) is 1. The van der Waals surface area contributed by atoms with E-state index in [1.807, 2.05) is 0 Å². The average Bonchev–Trinajstić information content (AvgIpc) is 2.00. The molecule has 0 heterocycles. The molecule has 3 N–H and O–H groups in total. The standard InChI is InChI=1S/C4H9NO.C2HF3O2/c1-2-3-4-6-5;3-2(4,5)1(6)7/h2H,1,3-5H2;(H,6,7). The number of nitrogens with two attached hydrogens (primary N) is 1. The minimum Gasteiger partial charge on any atom is -0.475 e. The van der Waals surface area contributed by atoms with Crippen LogP contribution in [-0.2, 0) is 9.63 Å². The van der Waals surface area contributed by atoms with E-state index in [-0.39, 0.29) is 0 Å². The van der Waals surface area contributed by atoms with E-state index in [2.05, 4.69) is 17.3 Å². The first-order chi connectivity index (χ1) is 5.86. The van der Waals surface area contributed by atoms with Gasteiger partial charge in [0.25, 0.3) is 0 Å². The zero-order valence-corrected chi connectivity index (χ0v) is 6.67. The van der Waals surface area contributed by atoms with Gasteiger partial charge in [0, 0.05) is 0 Å². The van der Waals surface area contributed by atoms with Gasteiger partial charge in [-0.1, -0.05) is 6.08 Å². The monoisotopic (exact) mass is 201 g/mol. The summed E-state index contributed by atoms with van der Waals surface area (Å²) in [6, 6.07) is 0. The Hall–Kier alpha value is -1.08. The van der Waals surface area contributed by atoms with Crippen LogP contribution in [0.15, 0.2) is 12.7 Å². The molecule has 0 atom stereocenters. The second-order valence-electron chi connectivity index (χ2n) is 1.75. The predicted octanol–water partition coefficient (Wildman–Crippen LogP) is 1.09. The summed E-state index contributed by atoms with van der Waals surface area (Å²) in [5.74, 6) is 1.91. The highest BCUT2D eigenvalue weighted by Crippen LogP contribution is 2.13.